The zero-order chi connectivity index (χ0) is 14.1. The van der Waals surface area contributed by atoms with Crippen molar-refractivity contribution >= 4 is 17.5 Å². The Morgan fingerprint density at radius 1 is 1.30 bits per heavy atom. The average molecular weight is 275 g/mol. The van der Waals surface area contributed by atoms with Crippen molar-refractivity contribution in [2.24, 2.45) is 0 Å². The monoisotopic (exact) mass is 275 g/mol. The fraction of sp³-hybridized carbons (Fsp3) is 0.429. The van der Waals surface area contributed by atoms with Crippen LogP contribution in [0.2, 0.25) is 0 Å². The number of hydrogen-bond donors (Lipinski definition) is 1. The summed E-state index contributed by atoms with van der Waals surface area (Å²) < 4.78 is 5.36. The summed E-state index contributed by atoms with van der Waals surface area (Å²) in [5.41, 5.74) is 1.25. The van der Waals surface area contributed by atoms with Gasteiger partial charge in [-0.25, -0.2) is 0 Å². The first-order chi connectivity index (χ1) is 9.66. The first kappa shape index (κ1) is 12.9. The Labute approximate surface area is 117 Å². The van der Waals surface area contributed by atoms with E-state index in [-0.39, 0.29) is 18.4 Å². The van der Waals surface area contributed by atoms with Crippen molar-refractivity contribution in [2.45, 2.75) is 0 Å². The molecule has 20 heavy (non-hydrogen) atoms. The van der Waals surface area contributed by atoms with Crippen LogP contribution in [0.1, 0.15) is 10.4 Å². The molecule has 2 heterocycles. The molecule has 2 amide bonds. The van der Waals surface area contributed by atoms with Crippen molar-refractivity contribution < 1.29 is 14.3 Å². The predicted molar refractivity (Wildman–Crippen MR) is 74.1 cm³/mol. The van der Waals surface area contributed by atoms with E-state index in [0.29, 0.717) is 30.1 Å². The highest BCUT2D eigenvalue weighted by Crippen LogP contribution is 2.32. The highest BCUT2D eigenvalue weighted by molar-refractivity contribution is 6.01. The number of amides is 2. The average Bonchev–Trinajstić information content (AvgIpc) is 2.51. The Kier molecular flexibility index (Phi) is 3.31. The molecule has 0 bridgehead atoms. The van der Waals surface area contributed by atoms with Gasteiger partial charge in [-0.3, -0.25) is 9.59 Å². The number of carbonyl (C=O) groups excluding carboxylic acids is 2. The van der Waals surface area contributed by atoms with Crippen LogP contribution in [0.3, 0.4) is 0 Å². The third kappa shape index (κ3) is 2.22. The van der Waals surface area contributed by atoms with E-state index in [4.69, 9.17) is 4.74 Å². The summed E-state index contributed by atoms with van der Waals surface area (Å²) in [6.45, 7) is 3.10. The van der Waals surface area contributed by atoms with E-state index in [1.54, 1.807) is 25.2 Å². The van der Waals surface area contributed by atoms with Crippen molar-refractivity contribution in [3.8, 4) is 5.75 Å². The van der Waals surface area contributed by atoms with Crippen molar-refractivity contribution in [1.82, 2.24) is 10.2 Å². The SMILES string of the molecule is CN1C(=O)COc2ccc(C(=O)N3CCNCC3)cc21. The summed E-state index contributed by atoms with van der Waals surface area (Å²) in [6, 6.07) is 5.25. The van der Waals surface area contributed by atoms with Gasteiger partial charge in [0.25, 0.3) is 11.8 Å². The van der Waals surface area contributed by atoms with Gasteiger partial charge in [0.05, 0.1) is 5.69 Å². The molecular formula is C14H17N3O3. The Balaban J connectivity index is 1.87. The van der Waals surface area contributed by atoms with Crippen molar-refractivity contribution in [1.29, 1.82) is 0 Å². The number of likely N-dealkylation sites (N-methyl/N-ethyl adjacent to an activating group) is 1. The van der Waals surface area contributed by atoms with Gasteiger partial charge in [-0.1, -0.05) is 0 Å². The summed E-state index contributed by atoms with van der Waals surface area (Å²) in [4.78, 5) is 27.4. The van der Waals surface area contributed by atoms with Gasteiger partial charge in [-0.15, -0.1) is 0 Å². The normalized spacial score (nSPS) is 18.6. The summed E-state index contributed by atoms with van der Waals surface area (Å²) >= 11 is 0. The van der Waals surface area contributed by atoms with Crippen LogP contribution in [-0.4, -0.2) is 56.5 Å². The van der Waals surface area contributed by atoms with Crippen LogP contribution in [0, 0.1) is 0 Å². The van der Waals surface area contributed by atoms with Gasteiger partial charge in [-0.2, -0.15) is 0 Å². The lowest BCUT2D eigenvalue weighted by Crippen LogP contribution is -2.46. The maximum Gasteiger partial charge on any atom is 0.264 e. The van der Waals surface area contributed by atoms with E-state index < -0.39 is 0 Å². The van der Waals surface area contributed by atoms with Gasteiger partial charge in [0, 0.05) is 38.8 Å². The summed E-state index contributed by atoms with van der Waals surface area (Å²) in [5, 5.41) is 3.22. The Morgan fingerprint density at radius 2 is 2.05 bits per heavy atom. The zero-order valence-electron chi connectivity index (χ0n) is 11.4. The number of benzene rings is 1. The van der Waals surface area contributed by atoms with Crippen LogP contribution in [0.4, 0.5) is 5.69 Å². The quantitative estimate of drug-likeness (QED) is 0.789. The van der Waals surface area contributed by atoms with E-state index in [0.717, 1.165) is 13.1 Å². The fourth-order valence-corrected chi connectivity index (χ4v) is 2.46. The van der Waals surface area contributed by atoms with Gasteiger partial charge in [0.1, 0.15) is 5.75 Å². The second-order valence-electron chi connectivity index (χ2n) is 4.97. The van der Waals surface area contributed by atoms with Crippen LogP contribution in [-0.2, 0) is 4.79 Å². The number of fused-ring (bicyclic) bond motifs is 1. The standard InChI is InChI=1S/C14H17N3O3/c1-16-11-8-10(2-3-12(11)20-9-13(16)18)14(19)17-6-4-15-5-7-17/h2-3,8,15H,4-7,9H2,1H3. The maximum absolute atomic E-state index is 12.4. The Bertz CT molecular complexity index is 553. The molecular weight excluding hydrogens is 258 g/mol. The lowest BCUT2D eigenvalue weighted by molar-refractivity contribution is -0.120. The number of ether oxygens (including phenoxy) is 1. The number of rotatable bonds is 1. The molecule has 3 rings (SSSR count). The van der Waals surface area contributed by atoms with E-state index in [1.165, 1.54) is 4.90 Å². The van der Waals surface area contributed by atoms with Gasteiger partial charge in [0.2, 0.25) is 0 Å². The van der Waals surface area contributed by atoms with Crippen LogP contribution in [0.5, 0.6) is 5.75 Å². The molecule has 1 N–H and O–H groups in total. The number of piperazine rings is 1. The minimum atomic E-state index is -0.107. The largest absolute Gasteiger partial charge is 0.482 e. The lowest BCUT2D eigenvalue weighted by atomic mass is 10.1. The second kappa shape index (κ2) is 5.13. The highest BCUT2D eigenvalue weighted by Gasteiger charge is 2.25. The molecule has 2 aliphatic heterocycles. The molecule has 6 nitrogen and oxygen atoms in total. The molecule has 0 saturated carbocycles. The lowest BCUT2D eigenvalue weighted by Gasteiger charge is -2.29. The molecule has 0 unspecified atom stereocenters. The second-order valence-corrected chi connectivity index (χ2v) is 4.97. The zero-order valence-corrected chi connectivity index (χ0v) is 11.4. The summed E-state index contributed by atoms with van der Waals surface area (Å²) in [6.07, 6.45) is 0. The minimum Gasteiger partial charge on any atom is -0.482 e. The minimum absolute atomic E-state index is 0.000669. The molecule has 6 heteroatoms. The third-order valence-electron chi connectivity index (χ3n) is 3.70. The first-order valence-electron chi connectivity index (χ1n) is 6.70. The Morgan fingerprint density at radius 3 is 2.80 bits per heavy atom. The van der Waals surface area contributed by atoms with Crippen LogP contribution >= 0.6 is 0 Å². The molecule has 2 aliphatic rings. The predicted octanol–water partition coefficient (Wildman–Crippen LogP) is 0.0872. The van der Waals surface area contributed by atoms with Crippen molar-refractivity contribution in [3.63, 3.8) is 0 Å². The molecule has 0 atom stereocenters. The molecule has 0 aliphatic carbocycles. The van der Waals surface area contributed by atoms with E-state index in [1.807, 2.05) is 4.90 Å². The Hall–Kier alpha value is -2.08. The van der Waals surface area contributed by atoms with Crippen LogP contribution in [0.25, 0.3) is 0 Å². The summed E-state index contributed by atoms with van der Waals surface area (Å²) in [7, 11) is 1.70. The van der Waals surface area contributed by atoms with Gasteiger partial charge >= 0.3 is 0 Å². The van der Waals surface area contributed by atoms with Crippen LogP contribution in [0.15, 0.2) is 18.2 Å². The first-order valence-corrected chi connectivity index (χ1v) is 6.70. The van der Waals surface area contributed by atoms with Crippen molar-refractivity contribution in [3.05, 3.63) is 23.8 Å². The molecule has 106 valence electrons. The highest BCUT2D eigenvalue weighted by atomic mass is 16.5. The van der Waals surface area contributed by atoms with Gasteiger partial charge in [0.15, 0.2) is 6.61 Å². The smallest absolute Gasteiger partial charge is 0.264 e. The van der Waals surface area contributed by atoms with Crippen molar-refractivity contribution in [2.75, 3.05) is 44.7 Å². The fourth-order valence-electron chi connectivity index (χ4n) is 2.46. The third-order valence-corrected chi connectivity index (χ3v) is 3.70. The number of carbonyl (C=O) groups is 2. The number of nitrogens with one attached hydrogen (secondary N) is 1. The van der Waals surface area contributed by atoms with Gasteiger partial charge < -0.3 is 19.9 Å². The number of anilines is 1. The summed E-state index contributed by atoms with van der Waals surface area (Å²) in [5.74, 6) is 0.536. The number of hydrogen-bond acceptors (Lipinski definition) is 4. The van der Waals surface area contributed by atoms with E-state index in [9.17, 15) is 9.59 Å². The molecule has 0 spiro atoms. The molecule has 1 saturated heterocycles. The van der Waals surface area contributed by atoms with E-state index >= 15 is 0 Å². The van der Waals surface area contributed by atoms with Gasteiger partial charge in [-0.05, 0) is 18.2 Å². The van der Waals surface area contributed by atoms with E-state index in [2.05, 4.69) is 5.32 Å². The van der Waals surface area contributed by atoms with Crippen LogP contribution < -0.4 is 15.0 Å². The maximum atomic E-state index is 12.4. The molecule has 0 radical (unpaired) electrons. The number of nitrogens with zero attached hydrogens (tertiary/aromatic N) is 2. The molecule has 0 aromatic heterocycles. The molecule has 1 aromatic rings. The topological polar surface area (TPSA) is 61.9 Å². The molecule has 1 aromatic carbocycles. The molecule has 1 fully saturated rings.